The predicted molar refractivity (Wildman–Crippen MR) is 72.7 cm³/mol. The van der Waals surface area contributed by atoms with Gasteiger partial charge in [0.2, 0.25) is 0 Å². The Morgan fingerprint density at radius 2 is 2.21 bits per heavy atom. The van der Waals surface area contributed by atoms with Gasteiger partial charge >= 0.3 is 0 Å². The Kier molecular flexibility index (Phi) is 3.66. The number of amides is 1. The van der Waals surface area contributed by atoms with Crippen LogP contribution in [0.4, 0.5) is 15.8 Å². The van der Waals surface area contributed by atoms with Crippen LogP contribution in [0.25, 0.3) is 0 Å². The molecule has 1 aromatic heterocycles. The van der Waals surface area contributed by atoms with Crippen LogP contribution in [0, 0.1) is 12.7 Å². The van der Waals surface area contributed by atoms with Crippen molar-refractivity contribution in [2.24, 2.45) is 0 Å². The number of rotatable bonds is 2. The molecule has 19 heavy (non-hydrogen) atoms. The third-order valence-corrected chi connectivity index (χ3v) is 2.83. The van der Waals surface area contributed by atoms with Crippen LogP contribution in [0.3, 0.4) is 0 Å². The largest absolute Gasteiger partial charge is 0.398 e. The average Bonchev–Trinajstić information content (AvgIpc) is 2.33. The third-order valence-electron chi connectivity index (χ3n) is 2.52. The number of hydrogen-bond donors (Lipinski definition) is 2. The molecule has 0 aliphatic heterocycles. The summed E-state index contributed by atoms with van der Waals surface area (Å²) in [5, 5.41) is 2.51. The van der Waals surface area contributed by atoms with E-state index in [9.17, 15) is 9.18 Å². The van der Waals surface area contributed by atoms with Gasteiger partial charge in [0.25, 0.3) is 5.91 Å². The fourth-order valence-corrected chi connectivity index (χ4v) is 1.78. The average molecular weight is 280 g/mol. The second-order valence-corrected chi connectivity index (χ2v) is 4.37. The molecule has 0 spiro atoms. The predicted octanol–water partition coefficient (Wildman–Crippen LogP) is 3.02. The summed E-state index contributed by atoms with van der Waals surface area (Å²) in [7, 11) is 0. The number of aryl methyl sites for hydroxylation is 1. The minimum absolute atomic E-state index is 0.0749. The summed E-state index contributed by atoms with van der Waals surface area (Å²) in [5.74, 6) is -1.17. The van der Waals surface area contributed by atoms with E-state index in [0.717, 1.165) is 0 Å². The van der Waals surface area contributed by atoms with E-state index in [0.29, 0.717) is 5.69 Å². The number of hydrogen-bond acceptors (Lipinski definition) is 3. The molecule has 98 valence electrons. The van der Waals surface area contributed by atoms with Crippen LogP contribution in [0.5, 0.6) is 0 Å². The van der Waals surface area contributed by atoms with E-state index in [2.05, 4.69) is 10.3 Å². The highest BCUT2D eigenvalue weighted by Gasteiger charge is 2.14. The summed E-state index contributed by atoms with van der Waals surface area (Å²) in [6.45, 7) is 1.76. The first-order valence-corrected chi connectivity index (χ1v) is 5.84. The number of aromatic nitrogens is 1. The van der Waals surface area contributed by atoms with Crippen molar-refractivity contribution in [2.45, 2.75) is 6.92 Å². The number of nitrogens with zero attached hydrogens (tertiary/aromatic N) is 1. The molecule has 1 aromatic carbocycles. The molecular formula is C13H11ClFN3O. The van der Waals surface area contributed by atoms with E-state index in [4.69, 9.17) is 17.3 Å². The van der Waals surface area contributed by atoms with Gasteiger partial charge in [-0.25, -0.2) is 4.39 Å². The first-order valence-electron chi connectivity index (χ1n) is 5.46. The zero-order chi connectivity index (χ0) is 14.0. The first kappa shape index (κ1) is 13.3. The molecule has 0 saturated carbocycles. The smallest absolute Gasteiger partial charge is 0.259 e. The molecule has 0 unspecified atom stereocenters. The molecule has 2 aromatic rings. The lowest BCUT2D eigenvalue weighted by Crippen LogP contribution is -2.16. The minimum Gasteiger partial charge on any atom is -0.398 e. The second-order valence-electron chi connectivity index (χ2n) is 3.96. The van der Waals surface area contributed by atoms with Crippen LogP contribution >= 0.6 is 11.6 Å². The number of nitrogens with one attached hydrogen (secondary N) is 1. The van der Waals surface area contributed by atoms with Gasteiger partial charge in [0.15, 0.2) is 0 Å². The zero-order valence-electron chi connectivity index (χ0n) is 10.1. The zero-order valence-corrected chi connectivity index (χ0v) is 10.8. The summed E-state index contributed by atoms with van der Waals surface area (Å²) in [4.78, 5) is 16.0. The van der Waals surface area contributed by atoms with E-state index in [-0.39, 0.29) is 22.0 Å². The van der Waals surface area contributed by atoms with E-state index < -0.39 is 11.7 Å². The molecule has 0 bridgehead atoms. The van der Waals surface area contributed by atoms with Crippen LogP contribution in [0.2, 0.25) is 5.02 Å². The molecule has 0 atom stereocenters. The maximum atomic E-state index is 13.5. The number of benzene rings is 1. The number of anilines is 2. The number of pyridine rings is 1. The summed E-state index contributed by atoms with van der Waals surface area (Å²) in [6, 6.07) is 5.71. The van der Waals surface area contributed by atoms with Crippen LogP contribution in [-0.4, -0.2) is 10.9 Å². The van der Waals surface area contributed by atoms with Gasteiger partial charge in [-0.15, -0.1) is 0 Å². The SMILES string of the molecule is Cc1cc(N)c(C(=O)Nc2c(F)cccc2Cl)cn1. The minimum atomic E-state index is -0.612. The van der Waals surface area contributed by atoms with Crippen molar-refractivity contribution in [1.82, 2.24) is 4.98 Å². The number of para-hydroxylation sites is 1. The van der Waals surface area contributed by atoms with E-state index in [1.807, 2.05) is 0 Å². The Morgan fingerprint density at radius 3 is 2.84 bits per heavy atom. The Balaban J connectivity index is 2.31. The highest BCUT2D eigenvalue weighted by Crippen LogP contribution is 2.25. The van der Waals surface area contributed by atoms with Gasteiger partial charge in [-0.2, -0.15) is 0 Å². The number of halogens is 2. The molecule has 1 amide bonds. The van der Waals surface area contributed by atoms with Crippen molar-refractivity contribution in [3.05, 3.63) is 52.6 Å². The number of carbonyl (C=O) groups excluding carboxylic acids is 1. The van der Waals surface area contributed by atoms with Gasteiger partial charge in [-0.3, -0.25) is 9.78 Å². The van der Waals surface area contributed by atoms with Crippen molar-refractivity contribution in [3.8, 4) is 0 Å². The molecular weight excluding hydrogens is 269 g/mol. The van der Waals surface area contributed by atoms with Crippen molar-refractivity contribution >= 4 is 28.9 Å². The maximum absolute atomic E-state index is 13.5. The Bertz CT molecular complexity index is 626. The lowest BCUT2D eigenvalue weighted by atomic mass is 10.2. The fraction of sp³-hybridized carbons (Fsp3) is 0.0769. The number of carbonyl (C=O) groups is 1. The Hall–Kier alpha value is -2.14. The van der Waals surface area contributed by atoms with Gasteiger partial charge in [0, 0.05) is 17.6 Å². The third kappa shape index (κ3) is 2.82. The van der Waals surface area contributed by atoms with Crippen molar-refractivity contribution < 1.29 is 9.18 Å². The molecule has 2 rings (SSSR count). The lowest BCUT2D eigenvalue weighted by Gasteiger charge is -2.09. The quantitative estimate of drug-likeness (QED) is 0.888. The summed E-state index contributed by atoms with van der Waals surface area (Å²) in [6.07, 6.45) is 1.34. The molecule has 6 heteroatoms. The van der Waals surface area contributed by atoms with E-state index >= 15 is 0 Å². The van der Waals surface area contributed by atoms with Gasteiger partial charge < -0.3 is 11.1 Å². The summed E-state index contributed by atoms with van der Waals surface area (Å²) in [5.41, 5.74) is 6.79. The first-order chi connectivity index (χ1) is 8.99. The highest BCUT2D eigenvalue weighted by molar-refractivity contribution is 6.34. The fourth-order valence-electron chi connectivity index (χ4n) is 1.57. The molecule has 0 aliphatic rings. The van der Waals surface area contributed by atoms with Crippen LogP contribution < -0.4 is 11.1 Å². The van der Waals surface area contributed by atoms with Gasteiger partial charge in [-0.05, 0) is 25.1 Å². The monoisotopic (exact) mass is 279 g/mol. The van der Waals surface area contributed by atoms with E-state index in [1.165, 1.54) is 24.4 Å². The van der Waals surface area contributed by atoms with Gasteiger partial charge in [0.1, 0.15) is 5.82 Å². The molecule has 3 N–H and O–H groups in total. The van der Waals surface area contributed by atoms with Crippen molar-refractivity contribution in [2.75, 3.05) is 11.1 Å². The molecule has 0 saturated heterocycles. The van der Waals surface area contributed by atoms with Crippen LogP contribution in [0.15, 0.2) is 30.5 Å². The molecule has 4 nitrogen and oxygen atoms in total. The molecule has 0 fully saturated rings. The molecule has 0 radical (unpaired) electrons. The van der Waals surface area contributed by atoms with Crippen molar-refractivity contribution in [1.29, 1.82) is 0 Å². The van der Waals surface area contributed by atoms with Gasteiger partial charge in [0.05, 0.1) is 16.3 Å². The number of nitrogens with two attached hydrogens (primary N) is 1. The Labute approximate surface area is 114 Å². The molecule has 0 aliphatic carbocycles. The van der Waals surface area contributed by atoms with Gasteiger partial charge in [-0.1, -0.05) is 17.7 Å². The second kappa shape index (κ2) is 5.24. The summed E-state index contributed by atoms with van der Waals surface area (Å²) >= 11 is 5.82. The summed E-state index contributed by atoms with van der Waals surface area (Å²) < 4.78 is 13.5. The van der Waals surface area contributed by atoms with E-state index in [1.54, 1.807) is 13.0 Å². The normalized spacial score (nSPS) is 10.3. The van der Waals surface area contributed by atoms with Crippen LogP contribution in [-0.2, 0) is 0 Å². The number of nitrogen functional groups attached to an aromatic ring is 1. The maximum Gasteiger partial charge on any atom is 0.259 e. The molecule has 1 heterocycles. The topological polar surface area (TPSA) is 68.0 Å². The van der Waals surface area contributed by atoms with Crippen molar-refractivity contribution in [3.63, 3.8) is 0 Å². The lowest BCUT2D eigenvalue weighted by molar-refractivity contribution is 0.102. The Morgan fingerprint density at radius 1 is 1.47 bits per heavy atom. The van der Waals surface area contributed by atoms with Crippen LogP contribution in [0.1, 0.15) is 16.1 Å². The highest BCUT2D eigenvalue weighted by atomic mass is 35.5. The standard InChI is InChI=1S/C13H11ClFN3O/c1-7-5-11(16)8(6-17-7)13(19)18-12-9(14)3-2-4-10(12)15/h2-6H,1H3,(H2,16,17)(H,18,19).